The Labute approximate surface area is 119 Å². The Morgan fingerprint density at radius 1 is 1.05 bits per heavy atom. The molecule has 0 aliphatic rings. The highest BCUT2D eigenvalue weighted by Gasteiger charge is 2.08. The molecule has 6 heteroatoms. The molecule has 0 heterocycles. The number of rotatable bonds is 4. The van der Waals surface area contributed by atoms with E-state index in [0.717, 1.165) is 6.07 Å². The van der Waals surface area contributed by atoms with E-state index in [4.69, 9.17) is 11.6 Å². The van der Waals surface area contributed by atoms with Crippen LogP contribution < -0.4 is 10.6 Å². The molecule has 0 fully saturated rings. The highest BCUT2D eigenvalue weighted by molar-refractivity contribution is 6.30. The maximum Gasteiger partial charge on any atom is 0.243 e. The topological polar surface area (TPSA) is 41.1 Å². The summed E-state index contributed by atoms with van der Waals surface area (Å²) in [5.41, 5.74) is 0.231. The van der Waals surface area contributed by atoms with Crippen molar-refractivity contribution in [3.63, 3.8) is 0 Å². The summed E-state index contributed by atoms with van der Waals surface area (Å²) >= 11 is 5.61. The molecule has 0 aliphatic heterocycles. The molecular formula is C14H11ClF2N2O. The molecule has 0 aliphatic carbocycles. The Hall–Kier alpha value is -2.14. The first kappa shape index (κ1) is 14.3. The first-order chi connectivity index (χ1) is 9.56. The minimum absolute atomic E-state index is 0.0229. The third kappa shape index (κ3) is 3.68. The number of para-hydroxylation sites is 1. The molecule has 2 aromatic carbocycles. The number of amides is 1. The third-order valence-electron chi connectivity index (χ3n) is 2.52. The second kappa shape index (κ2) is 6.34. The second-order valence-corrected chi connectivity index (χ2v) is 4.44. The first-order valence-corrected chi connectivity index (χ1v) is 6.17. The molecule has 2 aromatic rings. The van der Waals surface area contributed by atoms with Crippen molar-refractivity contribution in [3.05, 3.63) is 59.1 Å². The van der Waals surface area contributed by atoms with Crippen molar-refractivity contribution in [1.82, 2.24) is 0 Å². The van der Waals surface area contributed by atoms with Crippen LogP contribution in [-0.4, -0.2) is 12.5 Å². The summed E-state index contributed by atoms with van der Waals surface area (Å²) in [7, 11) is 0. The van der Waals surface area contributed by atoms with Gasteiger partial charge in [-0.25, -0.2) is 8.78 Å². The monoisotopic (exact) mass is 296 g/mol. The SMILES string of the molecule is O=C(CNc1ccccc1F)Nc1ccc(Cl)cc1F. The van der Waals surface area contributed by atoms with Gasteiger partial charge in [0, 0.05) is 5.02 Å². The van der Waals surface area contributed by atoms with E-state index in [-0.39, 0.29) is 22.9 Å². The zero-order valence-electron chi connectivity index (χ0n) is 10.3. The van der Waals surface area contributed by atoms with Crippen LogP contribution in [0.25, 0.3) is 0 Å². The Kier molecular flexibility index (Phi) is 4.53. The van der Waals surface area contributed by atoms with Gasteiger partial charge in [0.1, 0.15) is 11.6 Å². The van der Waals surface area contributed by atoms with E-state index in [2.05, 4.69) is 10.6 Å². The van der Waals surface area contributed by atoms with Gasteiger partial charge in [-0.15, -0.1) is 0 Å². The van der Waals surface area contributed by atoms with Gasteiger partial charge in [0.15, 0.2) is 0 Å². The molecule has 0 aromatic heterocycles. The maximum atomic E-state index is 13.5. The Morgan fingerprint density at radius 3 is 2.50 bits per heavy atom. The van der Waals surface area contributed by atoms with E-state index in [1.807, 2.05) is 0 Å². The van der Waals surface area contributed by atoms with Gasteiger partial charge < -0.3 is 10.6 Å². The summed E-state index contributed by atoms with van der Waals surface area (Å²) in [4.78, 5) is 11.6. The summed E-state index contributed by atoms with van der Waals surface area (Å²) in [5.74, 6) is -1.58. The van der Waals surface area contributed by atoms with Crippen LogP contribution in [-0.2, 0) is 4.79 Å². The zero-order valence-corrected chi connectivity index (χ0v) is 11.0. The lowest BCUT2D eigenvalue weighted by atomic mass is 10.3. The van der Waals surface area contributed by atoms with Crippen LogP contribution in [0.1, 0.15) is 0 Å². The predicted octanol–water partition coefficient (Wildman–Crippen LogP) is 3.67. The second-order valence-electron chi connectivity index (χ2n) is 4.01. The molecule has 2 N–H and O–H groups in total. The smallest absolute Gasteiger partial charge is 0.243 e. The van der Waals surface area contributed by atoms with Gasteiger partial charge in [-0.2, -0.15) is 0 Å². The Bertz CT molecular complexity index is 634. The molecule has 0 atom stereocenters. The van der Waals surface area contributed by atoms with Gasteiger partial charge >= 0.3 is 0 Å². The lowest BCUT2D eigenvalue weighted by Gasteiger charge is -2.09. The highest BCUT2D eigenvalue weighted by Crippen LogP contribution is 2.19. The van der Waals surface area contributed by atoms with Crippen molar-refractivity contribution in [2.45, 2.75) is 0 Å². The van der Waals surface area contributed by atoms with E-state index in [1.54, 1.807) is 12.1 Å². The van der Waals surface area contributed by atoms with Gasteiger partial charge in [-0.05, 0) is 30.3 Å². The molecule has 2 rings (SSSR count). The summed E-state index contributed by atoms with van der Waals surface area (Å²) in [6.45, 7) is -0.178. The molecule has 1 amide bonds. The van der Waals surface area contributed by atoms with E-state index >= 15 is 0 Å². The van der Waals surface area contributed by atoms with Crippen LogP contribution in [0.15, 0.2) is 42.5 Å². The molecule has 104 valence electrons. The maximum absolute atomic E-state index is 13.5. The number of halogens is 3. The number of anilines is 2. The van der Waals surface area contributed by atoms with Crippen LogP contribution in [0.3, 0.4) is 0 Å². The number of hydrogen-bond acceptors (Lipinski definition) is 2. The van der Waals surface area contributed by atoms with Gasteiger partial charge in [-0.1, -0.05) is 23.7 Å². The molecule has 0 saturated heterocycles. The van der Waals surface area contributed by atoms with E-state index < -0.39 is 17.5 Å². The van der Waals surface area contributed by atoms with Crippen molar-refractivity contribution in [2.24, 2.45) is 0 Å². The Balaban J connectivity index is 1.94. The minimum Gasteiger partial charge on any atom is -0.374 e. The average Bonchev–Trinajstić information content (AvgIpc) is 2.41. The highest BCUT2D eigenvalue weighted by atomic mass is 35.5. The lowest BCUT2D eigenvalue weighted by molar-refractivity contribution is -0.114. The fraction of sp³-hybridized carbons (Fsp3) is 0.0714. The molecule has 20 heavy (non-hydrogen) atoms. The van der Waals surface area contributed by atoms with Gasteiger partial charge in [0.25, 0.3) is 0 Å². The zero-order chi connectivity index (χ0) is 14.5. The molecule has 0 saturated carbocycles. The molecular weight excluding hydrogens is 286 g/mol. The van der Waals surface area contributed by atoms with Crippen LogP contribution in [0.5, 0.6) is 0 Å². The minimum atomic E-state index is -0.628. The lowest BCUT2D eigenvalue weighted by Crippen LogP contribution is -2.22. The summed E-state index contributed by atoms with van der Waals surface area (Å²) in [6, 6.07) is 9.89. The van der Waals surface area contributed by atoms with E-state index in [1.165, 1.54) is 24.3 Å². The normalized spacial score (nSPS) is 10.2. The number of benzene rings is 2. The van der Waals surface area contributed by atoms with Gasteiger partial charge in [0.2, 0.25) is 5.91 Å². The van der Waals surface area contributed by atoms with E-state index in [0.29, 0.717) is 0 Å². The van der Waals surface area contributed by atoms with Gasteiger partial charge in [0.05, 0.1) is 17.9 Å². The van der Waals surface area contributed by atoms with Crippen LogP contribution in [0.4, 0.5) is 20.2 Å². The summed E-state index contributed by atoms with van der Waals surface area (Å²) < 4.78 is 26.8. The summed E-state index contributed by atoms with van der Waals surface area (Å²) in [6.07, 6.45) is 0. The number of nitrogens with one attached hydrogen (secondary N) is 2. The third-order valence-corrected chi connectivity index (χ3v) is 2.75. The predicted molar refractivity (Wildman–Crippen MR) is 74.9 cm³/mol. The number of hydrogen-bond donors (Lipinski definition) is 2. The standard InChI is InChI=1S/C14H11ClF2N2O/c15-9-5-6-13(11(17)7-9)19-14(20)8-18-12-4-2-1-3-10(12)16/h1-7,18H,8H2,(H,19,20). The van der Waals surface area contributed by atoms with Crippen molar-refractivity contribution in [3.8, 4) is 0 Å². The van der Waals surface area contributed by atoms with Crippen molar-refractivity contribution < 1.29 is 13.6 Å². The van der Waals surface area contributed by atoms with Crippen LogP contribution >= 0.6 is 11.6 Å². The van der Waals surface area contributed by atoms with Gasteiger partial charge in [-0.3, -0.25) is 4.79 Å². The van der Waals surface area contributed by atoms with Crippen molar-refractivity contribution in [2.75, 3.05) is 17.2 Å². The molecule has 3 nitrogen and oxygen atoms in total. The fourth-order valence-electron chi connectivity index (χ4n) is 1.57. The quantitative estimate of drug-likeness (QED) is 0.904. The fourth-order valence-corrected chi connectivity index (χ4v) is 1.72. The largest absolute Gasteiger partial charge is 0.374 e. The molecule has 0 spiro atoms. The average molecular weight is 297 g/mol. The number of carbonyl (C=O) groups is 1. The summed E-state index contributed by atoms with van der Waals surface area (Å²) in [5, 5.41) is 5.24. The number of carbonyl (C=O) groups excluding carboxylic acids is 1. The van der Waals surface area contributed by atoms with Crippen molar-refractivity contribution >= 4 is 28.9 Å². The van der Waals surface area contributed by atoms with Crippen LogP contribution in [0.2, 0.25) is 5.02 Å². The van der Waals surface area contributed by atoms with E-state index in [9.17, 15) is 13.6 Å². The van der Waals surface area contributed by atoms with Crippen LogP contribution in [0, 0.1) is 11.6 Å². The van der Waals surface area contributed by atoms with Crippen molar-refractivity contribution in [1.29, 1.82) is 0 Å². The Morgan fingerprint density at radius 2 is 1.80 bits per heavy atom. The molecule has 0 unspecified atom stereocenters. The molecule has 0 radical (unpaired) electrons. The first-order valence-electron chi connectivity index (χ1n) is 5.79. The molecule has 0 bridgehead atoms.